The normalized spacial score (nSPS) is 21.4. The fourth-order valence-electron chi connectivity index (χ4n) is 4.20. The molecule has 2 aromatic carbocycles. The second-order valence-corrected chi connectivity index (χ2v) is 7.68. The quantitative estimate of drug-likeness (QED) is 0.838. The van der Waals surface area contributed by atoms with Crippen LogP contribution in [0.3, 0.4) is 0 Å². The van der Waals surface area contributed by atoms with Crippen LogP contribution in [0.15, 0.2) is 65.9 Å². The predicted octanol–water partition coefficient (Wildman–Crippen LogP) is 3.72. The molecule has 148 valence electrons. The molecule has 2 aromatic rings. The van der Waals surface area contributed by atoms with Crippen molar-refractivity contribution in [3.05, 3.63) is 77.0 Å². The summed E-state index contributed by atoms with van der Waals surface area (Å²) in [5.74, 6) is -1.29. The first-order valence-corrected chi connectivity index (χ1v) is 10.1. The van der Waals surface area contributed by atoms with E-state index in [9.17, 15) is 14.4 Å². The van der Waals surface area contributed by atoms with Crippen molar-refractivity contribution in [1.29, 1.82) is 0 Å². The topological polar surface area (TPSA) is 75.3 Å². The highest BCUT2D eigenvalue weighted by molar-refractivity contribution is 6.09. The number of hydrogen-bond acceptors (Lipinski definition) is 3. The maximum atomic E-state index is 13.0. The zero-order chi connectivity index (χ0) is 20.4. The molecule has 1 aliphatic heterocycles. The Labute approximate surface area is 170 Å². The Bertz CT molecular complexity index is 977. The Morgan fingerprint density at radius 1 is 1.00 bits per heavy atom. The molecule has 0 saturated heterocycles. The van der Waals surface area contributed by atoms with Gasteiger partial charge in [0.25, 0.3) is 0 Å². The van der Waals surface area contributed by atoms with Gasteiger partial charge in [0.15, 0.2) is 5.78 Å². The van der Waals surface area contributed by atoms with Crippen LogP contribution in [0.25, 0.3) is 0 Å². The summed E-state index contributed by atoms with van der Waals surface area (Å²) in [5, 5.41) is 5.73. The summed E-state index contributed by atoms with van der Waals surface area (Å²) >= 11 is 0. The second-order valence-electron chi connectivity index (χ2n) is 7.68. The average Bonchev–Trinajstić information content (AvgIpc) is 2.74. The van der Waals surface area contributed by atoms with E-state index in [1.165, 1.54) is 5.56 Å². The molecule has 5 heteroatoms. The fourth-order valence-corrected chi connectivity index (χ4v) is 4.20. The molecule has 0 spiro atoms. The van der Waals surface area contributed by atoms with Crippen molar-refractivity contribution in [1.82, 2.24) is 5.32 Å². The SMILES string of the molecule is CCc1ccc(NC(=O)[C@@H]2CC(=O)NC3=C2C(=O)C[C@@H](c2ccccc2)C3)cc1. The van der Waals surface area contributed by atoms with Gasteiger partial charge in [0.2, 0.25) is 11.8 Å². The number of nitrogens with one attached hydrogen (secondary N) is 2. The van der Waals surface area contributed by atoms with Crippen LogP contribution in [0.1, 0.15) is 43.2 Å². The van der Waals surface area contributed by atoms with Crippen LogP contribution >= 0.6 is 0 Å². The van der Waals surface area contributed by atoms with Gasteiger partial charge in [-0.3, -0.25) is 14.4 Å². The van der Waals surface area contributed by atoms with Gasteiger partial charge in [0.05, 0.1) is 5.92 Å². The summed E-state index contributed by atoms with van der Waals surface area (Å²) in [7, 11) is 0. The van der Waals surface area contributed by atoms with Gasteiger partial charge in [-0.15, -0.1) is 0 Å². The Hall–Kier alpha value is -3.21. The molecule has 0 saturated carbocycles. The molecule has 5 nitrogen and oxygen atoms in total. The van der Waals surface area contributed by atoms with Crippen LogP contribution in [-0.2, 0) is 20.8 Å². The molecule has 2 N–H and O–H groups in total. The van der Waals surface area contributed by atoms with E-state index in [4.69, 9.17) is 0 Å². The summed E-state index contributed by atoms with van der Waals surface area (Å²) in [4.78, 5) is 38.2. The Morgan fingerprint density at radius 3 is 2.41 bits per heavy atom. The number of amides is 2. The highest BCUT2D eigenvalue weighted by Crippen LogP contribution is 2.39. The van der Waals surface area contributed by atoms with E-state index in [1.54, 1.807) is 0 Å². The minimum atomic E-state index is -0.742. The van der Waals surface area contributed by atoms with Crippen LogP contribution in [0, 0.1) is 5.92 Å². The van der Waals surface area contributed by atoms with Crippen LogP contribution in [0.5, 0.6) is 0 Å². The van der Waals surface area contributed by atoms with Gasteiger partial charge in [-0.05, 0) is 42.0 Å². The molecule has 2 amide bonds. The summed E-state index contributed by atoms with van der Waals surface area (Å²) < 4.78 is 0. The summed E-state index contributed by atoms with van der Waals surface area (Å²) in [6.45, 7) is 2.07. The summed E-state index contributed by atoms with van der Waals surface area (Å²) in [5.41, 5.74) is 4.00. The smallest absolute Gasteiger partial charge is 0.232 e. The van der Waals surface area contributed by atoms with Gasteiger partial charge in [0, 0.05) is 29.8 Å². The molecule has 1 aliphatic carbocycles. The first-order valence-electron chi connectivity index (χ1n) is 10.1. The molecule has 0 radical (unpaired) electrons. The van der Waals surface area contributed by atoms with E-state index < -0.39 is 5.92 Å². The summed E-state index contributed by atoms with van der Waals surface area (Å²) in [6, 6.07) is 17.5. The van der Waals surface area contributed by atoms with Gasteiger partial charge in [-0.1, -0.05) is 49.4 Å². The molecule has 0 fully saturated rings. The number of hydrogen-bond donors (Lipinski definition) is 2. The minimum Gasteiger partial charge on any atom is -0.329 e. The number of aryl methyl sites for hydroxylation is 1. The van der Waals surface area contributed by atoms with Crippen LogP contribution < -0.4 is 10.6 Å². The summed E-state index contributed by atoms with van der Waals surface area (Å²) in [6.07, 6.45) is 1.84. The predicted molar refractivity (Wildman–Crippen MR) is 111 cm³/mol. The van der Waals surface area contributed by atoms with Gasteiger partial charge >= 0.3 is 0 Å². The van der Waals surface area contributed by atoms with E-state index >= 15 is 0 Å². The van der Waals surface area contributed by atoms with Crippen LogP contribution in [-0.4, -0.2) is 17.6 Å². The Morgan fingerprint density at radius 2 is 1.72 bits per heavy atom. The highest BCUT2D eigenvalue weighted by atomic mass is 16.2. The van der Waals surface area contributed by atoms with E-state index in [2.05, 4.69) is 17.6 Å². The number of allylic oxidation sites excluding steroid dienone is 1. The van der Waals surface area contributed by atoms with E-state index in [0.29, 0.717) is 29.8 Å². The van der Waals surface area contributed by atoms with Crippen LogP contribution in [0.4, 0.5) is 5.69 Å². The molecular weight excluding hydrogens is 364 g/mol. The lowest BCUT2D eigenvalue weighted by Gasteiger charge is -2.33. The lowest BCUT2D eigenvalue weighted by atomic mass is 9.75. The fraction of sp³-hybridized carbons (Fsp3) is 0.292. The van der Waals surface area contributed by atoms with Crippen molar-refractivity contribution in [2.75, 3.05) is 5.32 Å². The van der Waals surface area contributed by atoms with Crippen molar-refractivity contribution in [3.8, 4) is 0 Å². The van der Waals surface area contributed by atoms with Gasteiger partial charge in [-0.2, -0.15) is 0 Å². The van der Waals surface area contributed by atoms with Gasteiger partial charge in [-0.25, -0.2) is 0 Å². The molecule has 0 bridgehead atoms. The second kappa shape index (κ2) is 8.03. The minimum absolute atomic E-state index is 0.000542. The lowest BCUT2D eigenvalue weighted by molar-refractivity contribution is -0.129. The number of anilines is 1. The molecule has 2 aliphatic rings. The first kappa shape index (κ1) is 19.1. The van der Waals surface area contributed by atoms with Crippen molar-refractivity contribution in [2.45, 2.75) is 38.5 Å². The van der Waals surface area contributed by atoms with Crippen molar-refractivity contribution in [2.24, 2.45) is 5.92 Å². The van der Waals surface area contributed by atoms with E-state index in [1.807, 2.05) is 54.6 Å². The zero-order valence-corrected chi connectivity index (χ0v) is 16.4. The number of rotatable bonds is 4. The third kappa shape index (κ3) is 3.99. The van der Waals surface area contributed by atoms with E-state index in [-0.39, 0.29) is 29.9 Å². The largest absolute Gasteiger partial charge is 0.329 e. The zero-order valence-electron chi connectivity index (χ0n) is 16.4. The van der Waals surface area contributed by atoms with Gasteiger partial charge in [0.1, 0.15) is 0 Å². The highest BCUT2D eigenvalue weighted by Gasteiger charge is 2.40. The molecule has 1 heterocycles. The average molecular weight is 388 g/mol. The van der Waals surface area contributed by atoms with Crippen molar-refractivity contribution >= 4 is 23.3 Å². The van der Waals surface area contributed by atoms with Crippen LogP contribution in [0.2, 0.25) is 0 Å². The van der Waals surface area contributed by atoms with Crippen molar-refractivity contribution < 1.29 is 14.4 Å². The molecular formula is C24H24N2O3. The number of carbonyl (C=O) groups is 3. The van der Waals surface area contributed by atoms with Crippen molar-refractivity contribution in [3.63, 3.8) is 0 Å². The lowest BCUT2D eigenvalue weighted by Crippen LogP contribution is -2.43. The number of ketones is 1. The molecule has 29 heavy (non-hydrogen) atoms. The maximum Gasteiger partial charge on any atom is 0.232 e. The third-order valence-electron chi connectivity index (χ3n) is 5.75. The number of Topliss-reactive ketones (excluding diaryl/α,β-unsaturated/α-hetero) is 1. The molecule has 0 unspecified atom stereocenters. The first-order chi connectivity index (χ1) is 14.0. The molecule has 0 aromatic heterocycles. The monoisotopic (exact) mass is 388 g/mol. The number of carbonyl (C=O) groups excluding carboxylic acids is 3. The maximum absolute atomic E-state index is 13.0. The Kier molecular flexibility index (Phi) is 5.30. The third-order valence-corrected chi connectivity index (χ3v) is 5.75. The van der Waals surface area contributed by atoms with Gasteiger partial charge < -0.3 is 10.6 Å². The standard InChI is InChI=1S/C24H24N2O3/c1-2-15-8-10-18(11-9-15)25-24(29)19-14-22(28)26-20-12-17(13-21(27)23(19)20)16-6-4-3-5-7-16/h3-11,17,19H,2,12-14H2,1H3,(H,25,29)(H,26,28)/t17-,19+/m0/s1. The Balaban J connectivity index is 1.58. The number of benzene rings is 2. The molecule has 2 atom stereocenters. The van der Waals surface area contributed by atoms with E-state index in [0.717, 1.165) is 12.0 Å². The molecule has 4 rings (SSSR count).